The molecule has 0 aromatic heterocycles. The molecule has 11 amide bonds. The monoisotopic (exact) mass is 1170 g/mol. The van der Waals surface area contributed by atoms with Crippen LogP contribution in [0.5, 0.6) is 0 Å². The van der Waals surface area contributed by atoms with Crippen molar-refractivity contribution in [1.29, 1.82) is 0 Å². The van der Waals surface area contributed by atoms with E-state index in [4.69, 9.17) is 28.7 Å². The van der Waals surface area contributed by atoms with Crippen LogP contribution in [0.4, 0.5) is 0 Å². The van der Waals surface area contributed by atoms with Gasteiger partial charge in [0.1, 0.15) is 66.5 Å². The van der Waals surface area contributed by atoms with Gasteiger partial charge in [-0.3, -0.25) is 52.7 Å². The summed E-state index contributed by atoms with van der Waals surface area (Å²) in [6.07, 6.45) is -2.53. The first-order chi connectivity index (χ1) is 38.7. The Bertz CT molecular complexity index is 2070. The summed E-state index contributed by atoms with van der Waals surface area (Å²) >= 11 is 0. The van der Waals surface area contributed by atoms with Crippen LogP contribution in [0.15, 0.2) is 0 Å². The summed E-state index contributed by atoms with van der Waals surface area (Å²) in [4.78, 5) is 153. The molecule has 30 heteroatoms. The summed E-state index contributed by atoms with van der Waals surface area (Å²) in [6.45, 7) is 10.0. The Morgan fingerprint density at radius 3 is 1.41 bits per heavy atom. The minimum absolute atomic E-state index is 0.0309. The molecule has 1 unspecified atom stereocenters. The Kier molecular flexibility index (Phi) is 35.4. The third kappa shape index (κ3) is 26.8. The average molecular weight is 1170 g/mol. The molecular weight excluding hydrogens is 1070 g/mol. The Labute approximate surface area is 480 Å². The van der Waals surface area contributed by atoms with Crippen LogP contribution in [-0.2, 0) is 52.7 Å². The number of aliphatic hydroxyl groups is 3. The zero-order valence-corrected chi connectivity index (χ0v) is 48.8. The van der Waals surface area contributed by atoms with Gasteiger partial charge in [0.15, 0.2) is 0 Å². The molecule has 470 valence electrons. The molecule has 0 radical (unpaired) electrons. The van der Waals surface area contributed by atoms with Crippen molar-refractivity contribution < 1.29 is 68.1 Å². The third-order valence-corrected chi connectivity index (χ3v) is 13.5. The molecule has 0 bridgehead atoms. The van der Waals surface area contributed by atoms with E-state index in [0.717, 1.165) is 12.8 Å². The molecule has 1 rings (SSSR count). The summed E-state index contributed by atoms with van der Waals surface area (Å²) in [5.41, 5.74) is 29.2. The average Bonchev–Trinajstić information content (AvgIpc) is 3.56. The highest BCUT2D eigenvalue weighted by Crippen LogP contribution is 2.13. The van der Waals surface area contributed by atoms with Gasteiger partial charge < -0.3 is 102 Å². The quantitative estimate of drug-likeness (QED) is 0.0331. The number of carbonyl (C=O) groups excluding carboxylic acids is 11. The minimum Gasteiger partial charge on any atom is -0.394 e. The number of amides is 11. The Hall–Kier alpha value is -6.15. The lowest BCUT2D eigenvalue weighted by molar-refractivity contribution is -0.137. The molecule has 1 fully saturated rings. The van der Waals surface area contributed by atoms with E-state index in [1.807, 2.05) is 13.8 Å². The summed E-state index contributed by atoms with van der Waals surface area (Å²) in [6, 6.07) is -15.0. The molecule has 0 saturated carbocycles. The fraction of sp³-hybridized carbons (Fsp3) is 0.788. The highest BCUT2D eigenvalue weighted by molar-refractivity contribution is 5.99. The standard InChI is InChI=1S/C52H98N16O14/c1-8-29(6)10-9-11-40(72)59-31(12-18-53)47(77)68-42(39(71)26-69)52(82)64-34(15-21-56)44(74)63-36-17-23-58-51(81)41(30(7)70)67-48(78)35(16-22-57)61-43(73)32(13-19-54)62-49(79)37(24-27(2)3)66-50(80)38(25-28(4)5)65-45(75)33(14-20-55)60-46(36)76/h27-39,41-42,69-71H,8-26,53-57H2,1-7H3,(H,58,81)(H,59,72)(H,60,76)(H,61,73)(H,62,79)(H,63,74)(H,64,82)(H,65,75)(H,66,80)(H,67,78)(H,68,77)/t29?,30-,31+,32+,33+,34+,35+,36+,37+,38-,39-,41+,42+/m1/s1. The van der Waals surface area contributed by atoms with Gasteiger partial charge >= 0.3 is 0 Å². The highest BCUT2D eigenvalue weighted by Gasteiger charge is 2.38. The molecular formula is C52H98N16O14. The topological polar surface area (TPSA) is 511 Å². The van der Waals surface area contributed by atoms with E-state index in [2.05, 4.69) is 58.5 Å². The van der Waals surface area contributed by atoms with Crippen molar-refractivity contribution >= 4 is 65.0 Å². The van der Waals surface area contributed by atoms with Crippen LogP contribution in [0, 0.1) is 17.8 Å². The lowest BCUT2D eigenvalue weighted by Gasteiger charge is -2.29. The van der Waals surface area contributed by atoms with E-state index in [0.29, 0.717) is 12.3 Å². The maximum atomic E-state index is 14.4. The van der Waals surface area contributed by atoms with Gasteiger partial charge in [-0.15, -0.1) is 0 Å². The van der Waals surface area contributed by atoms with Gasteiger partial charge in [-0.25, -0.2) is 0 Å². The van der Waals surface area contributed by atoms with E-state index in [1.165, 1.54) is 6.92 Å². The fourth-order valence-electron chi connectivity index (χ4n) is 8.63. The molecule has 0 aliphatic carbocycles. The lowest BCUT2D eigenvalue weighted by Crippen LogP contribution is -2.62. The predicted molar refractivity (Wildman–Crippen MR) is 302 cm³/mol. The molecule has 0 aromatic rings. The van der Waals surface area contributed by atoms with Gasteiger partial charge in [-0.05, 0) is 115 Å². The normalized spacial score (nSPS) is 23.4. The van der Waals surface area contributed by atoms with Gasteiger partial charge in [-0.2, -0.15) is 0 Å². The van der Waals surface area contributed by atoms with E-state index in [-0.39, 0.29) is 95.9 Å². The van der Waals surface area contributed by atoms with Crippen LogP contribution in [0.2, 0.25) is 0 Å². The van der Waals surface area contributed by atoms with Crippen molar-refractivity contribution in [2.45, 2.75) is 198 Å². The Balaban J connectivity index is 3.87. The molecule has 13 atom stereocenters. The molecule has 1 heterocycles. The number of aliphatic hydroxyl groups excluding tert-OH is 3. The van der Waals surface area contributed by atoms with Crippen LogP contribution in [0.1, 0.15) is 126 Å². The molecule has 1 saturated heterocycles. The first-order valence-corrected chi connectivity index (χ1v) is 28.5. The number of rotatable bonds is 29. The summed E-state index contributed by atoms with van der Waals surface area (Å²) in [5, 5.41) is 59.1. The molecule has 1 aliphatic heterocycles. The number of carbonyl (C=O) groups is 11. The number of hydrogen-bond acceptors (Lipinski definition) is 19. The van der Waals surface area contributed by atoms with Crippen LogP contribution in [-0.4, -0.2) is 199 Å². The lowest BCUT2D eigenvalue weighted by atomic mass is 9.99. The maximum absolute atomic E-state index is 14.4. The van der Waals surface area contributed by atoms with Crippen molar-refractivity contribution in [3.63, 3.8) is 0 Å². The summed E-state index contributed by atoms with van der Waals surface area (Å²) in [5.74, 6) is -10.1. The first kappa shape index (κ1) is 73.9. The Morgan fingerprint density at radius 2 is 0.988 bits per heavy atom. The summed E-state index contributed by atoms with van der Waals surface area (Å²) < 4.78 is 0. The zero-order valence-electron chi connectivity index (χ0n) is 48.8. The Morgan fingerprint density at radius 1 is 0.549 bits per heavy atom. The van der Waals surface area contributed by atoms with Gasteiger partial charge in [-0.1, -0.05) is 54.4 Å². The molecule has 82 heavy (non-hydrogen) atoms. The molecule has 24 N–H and O–H groups in total. The third-order valence-electron chi connectivity index (χ3n) is 13.5. The first-order valence-electron chi connectivity index (χ1n) is 28.5. The second-order valence-corrected chi connectivity index (χ2v) is 21.6. The number of nitrogens with two attached hydrogens (primary N) is 5. The molecule has 1 aliphatic rings. The van der Waals surface area contributed by atoms with Crippen molar-refractivity contribution in [3.8, 4) is 0 Å². The van der Waals surface area contributed by atoms with Crippen molar-refractivity contribution in [2.24, 2.45) is 46.4 Å². The van der Waals surface area contributed by atoms with Crippen LogP contribution >= 0.6 is 0 Å². The minimum atomic E-state index is -1.95. The van der Waals surface area contributed by atoms with Gasteiger partial charge in [0, 0.05) is 13.0 Å². The largest absolute Gasteiger partial charge is 0.394 e. The van der Waals surface area contributed by atoms with Crippen molar-refractivity contribution in [2.75, 3.05) is 45.9 Å². The van der Waals surface area contributed by atoms with Crippen molar-refractivity contribution in [3.05, 3.63) is 0 Å². The van der Waals surface area contributed by atoms with E-state index >= 15 is 0 Å². The molecule has 0 aromatic carbocycles. The van der Waals surface area contributed by atoms with E-state index in [1.54, 1.807) is 27.7 Å². The van der Waals surface area contributed by atoms with Crippen LogP contribution in [0.3, 0.4) is 0 Å². The van der Waals surface area contributed by atoms with Gasteiger partial charge in [0.05, 0.1) is 12.7 Å². The number of hydrogen-bond donors (Lipinski definition) is 19. The van der Waals surface area contributed by atoms with E-state index in [9.17, 15) is 68.1 Å². The van der Waals surface area contributed by atoms with Crippen LogP contribution in [0.25, 0.3) is 0 Å². The number of nitrogens with one attached hydrogen (secondary N) is 11. The maximum Gasteiger partial charge on any atom is 0.246 e. The zero-order chi connectivity index (χ0) is 62.2. The second-order valence-electron chi connectivity index (χ2n) is 21.6. The smallest absolute Gasteiger partial charge is 0.246 e. The molecule has 30 nitrogen and oxygen atoms in total. The second kappa shape index (κ2) is 39.4. The molecule has 0 spiro atoms. The predicted octanol–water partition coefficient (Wildman–Crippen LogP) is -6.86. The fourth-order valence-corrected chi connectivity index (χ4v) is 8.63. The van der Waals surface area contributed by atoms with Crippen molar-refractivity contribution in [1.82, 2.24) is 58.5 Å². The van der Waals surface area contributed by atoms with Gasteiger partial charge in [0.2, 0.25) is 65.0 Å². The highest BCUT2D eigenvalue weighted by atomic mass is 16.3. The van der Waals surface area contributed by atoms with Crippen LogP contribution < -0.4 is 87.2 Å². The SMILES string of the molecule is CCC(C)CCCC(=O)N[C@@H](CCN)C(=O)N[C@H](C(=O)N[C@@H](CCN)C(=O)N[C@H]1CCNC(=O)[C@H]([C@@H](C)O)NC(=O)[C@H](CCN)NC(=O)[C@H](CCN)NC(=O)[C@H](CC(C)C)NC(=O)[C@@H](CC(C)C)NC(=O)[C@H](CCN)NC1=O)[C@H](O)CO. The summed E-state index contributed by atoms with van der Waals surface area (Å²) in [7, 11) is 0. The van der Waals surface area contributed by atoms with E-state index < -0.39 is 157 Å². The van der Waals surface area contributed by atoms with Gasteiger partial charge in [0.25, 0.3) is 0 Å².